The number of carboxylic acid groups (broad SMARTS) is 3. The number of carbonyl (C=O) groups is 6. The third-order valence-corrected chi connectivity index (χ3v) is 4.68. The van der Waals surface area contributed by atoms with E-state index in [-0.39, 0.29) is 18.8 Å². The number of H-pyrrole nitrogens is 1. The van der Waals surface area contributed by atoms with Crippen LogP contribution in [0.5, 0.6) is 0 Å². The van der Waals surface area contributed by atoms with E-state index >= 15 is 0 Å². The van der Waals surface area contributed by atoms with E-state index in [9.17, 15) is 33.9 Å². The van der Waals surface area contributed by atoms with E-state index in [1.807, 2.05) is 0 Å². The second kappa shape index (κ2) is 13.6. The summed E-state index contributed by atoms with van der Waals surface area (Å²) in [5, 5.41) is 33.8. The number of aliphatic carboxylic acids is 3. The first-order chi connectivity index (χ1) is 16.3. The van der Waals surface area contributed by atoms with Crippen molar-refractivity contribution < 1.29 is 44.1 Å². The lowest BCUT2D eigenvalue weighted by Crippen LogP contribution is -2.58. The normalized spacial score (nSPS) is 14.3. The van der Waals surface area contributed by atoms with Gasteiger partial charge in [-0.05, 0) is 12.3 Å². The van der Waals surface area contributed by atoms with Crippen LogP contribution in [-0.4, -0.2) is 85.1 Å². The zero-order valence-electron chi connectivity index (χ0n) is 19.2. The average molecular weight is 498 g/mol. The van der Waals surface area contributed by atoms with Gasteiger partial charge in [0.15, 0.2) is 0 Å². The van der Waals surface area contributed by atoms with Gasteiger partial charge in [-0.25, -0.2) is 9.78 Å². The minimum Gasteiger partial charge on any atom is -0.481 e. The summed E-state index contributed by atoms with van der Waals surface area (Å²) < 4.78 is 0. The molecule has 3 amide bonds. The van der Waals surface area contributed by atoms with Crippen molar-refractivity contribution in [2.24, 2.45) is 11.7 Å². The summed E-state index contributed by atoms with van der Waals surface area (Å²) in [5.41, 5.74) is 5.96. The van der Waals surface area contributed by atoms with Crippen molar-refractivity contribution >= 4 is 35.6 Å². The van der Waals surface area contributed by atoms with Crippen LogP contribution in [0.3, 0.4) is 0 Å². The van der Waals surface area contributed by atoms with E-state index in [1.54, 1.807) is 13.8 Å². The van der Waals surface area contributed by atoms with Gasteiger partial charge in [0.2, 0.25) is 17.7 Å². The predicted octanol–water partition coefficient (Wildman–Crippen LogP) is -2.19. The highest BCUT2D eigenvalue weighted by Gasteiger charge is 2.32. The Kier molecular flexibility index (Phi) is 11.3. The first kappa shape index (κ1) is 29.0. The minimum atomic E-state index is -1.75. The molecule has 0 saturated carbocycles. The first-order valence-corrected chi connectivity index (χ1v) is 10.6. The van der Waals surface area contributed by atoms with Crippen LogP contribution >= 0.6 is 0 Å². The molecule has 1 aromatic heterocycles. The maximum Gasteiger partial charge on any atom is 0.326 e. The molecule has 0 spiro atoms. The number of carboxylic acids is 3. The Bertz CT molecular complexity index is 918. The second-order valence-electron chi connectivity index (χ2n) is 8.23. The molecule has 0 bridgehead atoms. The molecule has 0 radical (unpaired) electrons. The lowest BCUT2D eigenvalue weighted by Gasteiger charge is -2.25. The smallest absolute Gasteiger partial charge is 0.326 e. The lowest BCUT2D eigenvalue weighted by atomic mass is 10.0. The van der Waals surface area contributed by atoms with E-state index in [1.165, 1.54) is 12.5 Å². The van der Waals surface area contributed by atoms with Crippen molar-refractivity contribution in [3.05, 3.63) is 18.2 Å². The average Bonchev–Trinajstić information content (AvgIpc) is 3.24. The van der Waals surface area contributed by atoms with Crippen molar-refractivity contribution in [1.29, 1.82) is 0 Å². The molecule has 1 heterocycles. The minimum absolute atomic E-state index is 0.103. The van der Waals surface area contributed by atoms with Gasteiger partial charge in [0, 0.05) is 18.3 Å². The van der Waals surface area contributed by atoms with Gasteiger partial charge in [-0.1, -0.05) is 13.8 Å². The molecule has 194 valence electrons. The zero-order chi connectivity index (χ0) is 26.7. The third-order valence-electron chi connectivity index (χ3n) is 4.68. The van der Waals surface area contributed by atoms with Gasteiger partial charge in [0.05, 0.1) is 25.2 Å². The van der Waals surface area contributed by atoms with Gasteiger partial charge in [0.25, 0.3) is 0 Å². The van der Waals surface area contributed by atoms with Crippen molar-refractivity contribution in [3.8, 4) is 0 Å². The summed E-state index contributed by atoms with van der Waals surface area (Å²) in [4.78, 5) is 77.7. The number of imidazole rings is 1. The number of carbonyl (C=O) groups excluding carboxylic acids is 3. The lowest BCUT2D eigenvalue weighted by molar-refractivity contribution is -0.147. The van der Waals surface area contributed by atoms with Crippen LogP contribution in [0.15, 0.2) is 12.5 Å². The maximum atomic E-state index is 13.0. The van der Waals surface area contributed by atoms with Gasteiger partial charge >= 0.3 is 17.9 Å². The molecule has 4 unspecified atom stereocenters. The monoisotopic (exact) mass is 498 g/mol. The molecular formula is C20H30N6O9. The number of nitrogens with one attached hydrogen (secondary N) is 4. The Morgan fingerprint density at radius 1 is 0.886 bits per heavy atom. The summed E-state index contributed by atoms with van der Waals surface area (Å²) in [6, 6.07) is -5.71. The van der Waals surface area contributed by atoms with Crippen molar-refractivity contribution in [3.63, 3.8) is 0 Å². The van der Waals surface area contributed by atoms with Crippen LogP contribution in [0.1, 0.15) is 38.8 Å². The number of nitrogens with two attached hydrogens (primary N) is 1. The van der Waals surface area contributed by atoms with Crippen LogP contribution in [0, 0.1) is 5.92 Å². The summed E-state index contributed by atoms with van der Waals surface area (Å²) >= 11 is 0. The molecule has 4 atom stereocenters. The Morgan fingerprint density at radius 2 is 1.43 bits per heavy atom. The van der Waals surface area contributed by atoms with Gasteiger partial charge in [-0.2, -0.15) is 0 Å². The van der Waals surface area contributed by atoms with E-state index in [0.717, 1.165) is 0 Å². The highest BCUT2D eigenvalue weighted by molar-refractivity contribution is 5.95. The first-order valence-electron chi connectivity index (χ1n) is 10.6. The molecule has 15 nitrogen and oxygen atoms in total. The van der Waals surface area contributed by atoms with Crippen LogP contribution in [-0.2, 0) is 35.2 Å². The molecule has 1 aromatic rings. The Morgan fingerprint density at radius 3 is 1.91 bits per heavy atom. The molecule has 0 aromatic carbocycles. The fourth-order valence-electron chi connectivity index (χ4n) is 3.01. The van der Waals surface area contributed by atoms with Crippen molar-refractivity contribution in [2.75, 3.05) is 0 Å². The summed E-state index contributed by atoms with van der Waals surface area (Å²) in [6.07, 6.45) is 1.11. The fraction of sp³-hybridized carbons (Fsp3) is 0.550. The van der Waals surface area contributed by atoms with E-state index < -0.39 is 72.6 Å². The van der Waals surface area contributed by atoms with Crippen LogP contribution < -0.4 is 21.7 Å². The second-order valence-corrected chi connectivity index (χ2v) is 8.23. The third kappa shape index (κ3) is 10.6. The number of aromatic nitrogens is 2. The van der Waals surface area contributed by atoms with Crippen LogP contribution in [0.4, 0.5) is 0 Å². The molecule has 0 saturated heterocycles. The maximum absolute atomic E-state index is 13.0. The SMILES string of the molecule is CC(C)CC(NC(=O)C(N)CC(=O)O)C(=O)NC(Cc1cnc[nH]1)C(=O)NC(CC(=O)O)C(=O)O. The quantitative estimate of drug-likeness (QED) is 0.129. The number of hydrogen-bond acceptors (Lipinski definition) is 8. The standard InChI is InChI=1S/C20H30N6O9/c1-9(2)3-12(24-17(31)11(21)5-15(27)28)18(32)25-13(4-10-7-22-8-23-10)19(33)26-14(20(34)35)6-16(29)30/h7-9,11-14H,3-6,21H2,1-2H3,(H,22,23)(H,24,31)(H,25,32)(H,26,33)(H,27,28)(H,29,30)(H,34,35). The fourth-order valence-corrected chi connectivity index (χ4v) is 3.01. The summed E-state index contributed by atoms with van der Waals surface area (Å²) in [7, 11) is 0. The molecule has 0 aliphatic rings. The molecule has 35 heavy (non-hydrogen) atoms. The Hall–Kier alpha value is -4.01. The molecule has 0 aliphatic heterocycles. The molecule has 1 rings (SSSR count). The molecule has 0 fully saturated rings. The highest BCUT2D eigenvalue weighted by atomic mass is 16.4. The van der Waals surface area contributed by atoms with Crippen molar-refractivity contribution in [2.45, 2.75) is 63.7 Å². The highest BCUT2D eigenvalue weighted by Crippen LogP contribution is 2.08. The topological polar surface area (TPSA) is 254 Å². The predicted molar refractivity (Wildman–Crippen MR) is 118 cm³/mol. The van der Waals surface area contributed by atoms with Crippen LogP contribution in [0.25, 0.3) is 0 Å². The van der Waals surface area contributed by atoms with E-state index in [2.05, 4.69) is 25.9 Å². The van der Waals surface area contributed by atoms with Gasteiger partial charge in [-0.15, -0.1) is 0 Å². The zero-order valence-corrected chi connectivity index (χ0v) is 19.2. The largest absolute Gasteiger partial charge is 0.481 e. The number of hydrogen-bond donors (Lipinski definition) is 8. The Balaban J connectivity index is 3.08. The Labute approximate surface area is 199 Å². The van der Waals surface area contributed by atoms with E-state index in [0.29, 0.717) is 5.69 Å². The molecular weight excluding hydrogens is 468 g/mol. The summed E-state index contributed by atoms with van der Waals surface area (Å²) in [5.74, 6) is -7.10. The number of rotatable bonds is 15. The van der Waals surface area contributed by atoms with E-state index in [4.69, 9.17) is 15.9 Å². The van der Waals surface area contributed by atoms with Gasteiger partial charge < -0.3 is 42.0 Å². The van der Waals surface area contributed by atoms with Crippen LogP contribution in [0.2, 0.25) is 0 Å². The van der Waals surface area contributed by atoms with Gasteiger partial charge in [0.1, 0.15) is 18.1 Å². The number of nitrogens with zero attached hydrogens (tertiary/aromatic N) is 1. The number of aromatic amines is 1. The van der Waals surface area contributed by atoms with Crippen molar-refractivity contribution in [1.82, 2.24) is 25.9 Å². The molecule has 15 heteroatoms. The molecule has 9 N–H and O–H groups in total. The summed E-state index contributed by atoms with van der Waals surface area (Å²) in [6.45, 7) is 3.53. The molecule has 0 aliphatic carbocycles. The number of amides is 3. The van der Waals surface area contributed by atoms with Gasteiger partial charge in [-0.3, -0.25) is 24.0 Å².